The summed E-state index contributed by atoms with van der Waals surface area (Å²) >= 11 is 0. The summed E-state index contributed by atoms with van der Waals surface area (Å²) in [4.78, 5) is 11.7. The molecule has 0 aliphatic rings. The van der Waals surface area contributed by atoms with Gasteiger partial charge in [-0.1, -0.05) is 29.8 Å². The number of aryl methyl sites for hydroxylation is 2. The minimum atomic E-state index is -0.643. The topological polar surface area (TPSA) is 29.1 Å². The predicted molar refractivity (Wildman–Crippen MR) is 74.5 cm³/mol. The first-order chi connectivity index (χ1) is 9.54. The third-order valence-corrected chi connectivity index (χ3v) is 2.93. The summed E-state index contributed by atoms with van der Waals surface area (Å²) in [5.74, 6) is -1.56. The third kappa shape index (κ3) is 3.88. The lowest BCUT2D eigenvalue weighted by Crippen LogP contribution is -2.13. The van der Waals surface area contributed by atoms with Crippen molar-refractivity contribution in [3.05, 3.63) is 65.2 Å². The van der Waals surface area contributed by atoms with Gasteiger partial charge in [0.05, 0.1) is 5.69 Å². The van der Waals surface area contributed by atoms with Crippen LogP contribution in [-0.4, -0.2) is 5.91 Å². The highest BCUT2D eigenvalue weighted by Gasteiger charge is 2.08. The van der Waals surface area contributed by atoms with Gasteiger partial charge in [0, 0.05) is 12.5 Å². The highest BCUT2D eigenvalue weighted by atomic mass is 19.1. The Morgan fingerprint density at radius 3 is 2.70 bits per heavy atom. The quantitative estimate of drug-likeness (QED) is 0.902. The van der Waals surface area contributed by atoms with E-state index in [0.29, 0.717) is 6.42 Å². The highest BCUT2D eigenvalue weighted by molar-refractivity contribution is 5.90. The van der Waals surface area contributed by atoms with Gasteiger partial charge in [-0.3, -0.25) is 4.79 Å². The van der Waals surface area contributed by atoms with Crippen LogP contribution in [0.2, 0.25) is 0 Å². The minimum Gasteiger partial charge on any atom is -0.324 e. The van der Waals surface area contributed by atoms with Crippen molar-refractivity contribution in [3.8, 4) is 0 Å². The summed E-state index contributed by atoms with van der Waals surface area (Å²) < 4.78 is 26.3. The lowest BCUT2D eigenvalue weighted by atomic mass is 10.1. The van der Waals surface area contributed by atoms with Crippen LogP contribution < -0.4 is 5.32 Å². The smallest absolute Gasteiger partial charge is 0.224 e. The molecular formula is C16H15F2NO. The zero-order valence-corrected chi connectivity index (χ0v) is 11.1. The van der Waals surface area contributed by atoms with Crippen LogP contribution in [0.3, 0.4) is 0 Å². The number of carbonyl (C=O) groups excluding carboxylic acids is 1. The molecule has 0 radical (unpaired) electrons. The van der Waals surface area contributed by atoms with Crippen LogP contribution >= 0.6 is 0 Å². The van der Waals surface area contributed by atoms with E-state index in [9.17, 15) is 13.6 Å². The van der Waals surface area contributed by atoms with E-state index in [1.165, 1.54) is 0 Å². The Bertz CT molecular complexity index is 626. The van der Waals surface area contributed by atoms with Crippen molar-refractivity contribution < 1.29 is 13.6 Å². The van der Waals surface area contributed by atoms with E-state index in [0.717, 1.165) is 29.3 Å². The maximum Gasteiger partial charge on any atom is 0.224 e. The second kappa shape index (κ2) is 6.28. The van der Waals surface area contributed by atoms with Crippen molar-refractivity contribution in [1.29, 1.82) is 0 Å². The van der Waals surface area contributed by atoms with E-state index in [-0.39, 0.29) is 18.0 Å². The summed E-state index contributed by atoms with van der Waals surface area (Å²) in [5.41, 5.74) is 2.04. The monoisotopic (exact) mass is 275 g/mol. The van der Waals surface area contributed by atoms with Crippen LogP contribution in [0.25, 0.3) is 0 Å². The number of hydrogen-bond acceptors (Lipinski definition) is 1. The molecule has 2 rings (SSSR count). The van der Waals surface area contributed by atoms with Gasteiger partial charge in [0.1, 0.15) is 11.6 Å². The number of amides is 1. The third-order valence-electron chi connectivity index (χ3n) is 2.93. The molecule has 2 aromatic rings. The van der Waals surface area contributed by atoms with E-state index in [4.69, 9.17) is 0 Å². The number of carbonyl (C=O) groups is 1. The van der Waals surface area contributed by atoms with Crippen molar-refractivity contribution in [2.45, 2.75) is 19.8 Å². The molecular weight excluding hydrogens is 260 g/mol. The number of hydrogen-bond donors (Lipinski definition) is 1. The first-order valence-electron chi connectivity index (χ1n) is 6.35. The van der Waals surface area contributed by atoms with Gasteiger partial charge in [-0.15, -0.1) is 0 Å². The van der Waals surface area contributed by atoms with E-state index >= 15 is 0 Å². The fraction of sp³-hybridized carbons (Fsp3) is 0.188. The first kappa shape index (κ1) is 14.2. The summed E-state index contributed by atoms with van der Waals surface area (Å²) in [6, 6.07) is 10.8. The average Bonchev–Trinajstić information content (AvgIpc) is 2.41. The van der Waals surface area contributed by atoms with Crippen molar-refractivity contribution >= 4 is 11.6 Å². The van der Waals surface area contributed by atoms with Gasteiger partial charge in [0.2, 0.25) is 5.91 Å². The van der Waals surface area contributed by atoms with Gasteiger partial charge in [-0.25, -0.2) is 8.78 Å². The van der Waals surface area contributed by atoms with Crippen LogP contribution in [0.1, 0.15) is 17.5 Å². The van der Waals surface area contributed by atoms with Gasteiger partial charge in [-0.05, 0) is 31.0 Å². The maximum absolute atomic E-state index is 13.4. The van der Waals surface area contributed by atoms with Crippen LogP contribution in [-0.2, 0) is 11.2 Å². The molecule has 0 saturated carbocycles. The van der Waals surface area contributed by atoms with Crippen LogP contribution in [0.4, 0.5) is 14.5 Å². The molecule has 0 heterocycles. The molecule has 0 fully saturated rings. The standard InChI is InChI=1S/C16H15F2NO/c1-11-3-2-4-12(9-11)5-8-16(20)19-15-10-13(17)6-7-14(15)18/h2-4,6-7,9-10H,5,8H2,1H3,(H,19,20). The number of anilines is 1. The molecule has 1 amide bonds. The lowest BCUT2D eigenvalue weighted by molar-refractivity contribution is -0.116. The molecule has 0 spiro atoms. The minimum absolute atomic E-state index is 0.126. The van der Waals surface area contributed by atoms with Crippen molar-refractivity contribution in [2.75, 3.05) is 5.32 Å². The van der Waals surface area contributed by atoms with Crippen molar-refractivity contribution in [1.82, 2.24) is 0 Å². The Kier molecular flexibility index (Phi) is 4.45. The molecule has 0 bridgehead atoms. The molecule has 0 aromatic heterocycles. The van der Waals surface area contributed by atoms with E-state index in [2.05, 4.69) is 5.32 Å². The molecule has 104 valence electrons. The van der Waals surface area contributed by atoms with Crippen LogP contribution in [0, 0.1) is 18.6 Å². The Morgan fingerprint density at radius 2 is 1.95 bits per heavy atom. The van der Waals surface area contributed by atoms with E-state index in [1.807, 2.05) is 31.2 Å². The number of benzene rings is 2. The Hall–Kier alpha value is -2.23. The number of nitrogens with one attached hydrogen (secondary N) is 1. The van der Waals surface area contributed by atoms with E-state index < -0.39 is 11.6 Å². The van der Waals surface area contributed by atoms with Crippen molar-refractivity contribution in [3.63, 3.8) is 0 Å². The number of halogens is 2. The summed E-state index contributed by atoms with van der Waals surface area (Å²) in [5, 5.41) is 2.38. The van der Waals surface area contributed by atoms with Crippen LogP contribution in [0.5, 0.6) is 0 Å². The zero-order valence-electron chi connectivity index (χ0n) is 11.1. The SMILES string of the molecule is Cc1cccc(CCC(=O)Nc2cc(F)ccc2F)c1. The van der Waals surface area contributed by atoms with Gasteiger partial charge in [-0.2, -0.15) is 0 Å². The van der Waals surface area contributed by atoms with Crippen molar-refractivity contribution in [2.24, 2.45) is 0 Å². The van der Waals surface area contributed by atoms with E-state index in [1.54, 1.807) is 0 Å². The molecule has 0 aliphatic carbocycles. The zero-order chi connectivity index (χ0) is 14.5. The Labute approximate surface area is 116 Å². The predicted octanol–water partition coefficient (Wildman–Crippen LogP) is 3.84. The molecule has 1 N–H and O–H groups in total. The summed E-state index contributed by atoms with van der Waals surface area (Å²) in [6.07, 6.45) is 0.782. The van der Waals surface area contributed by atoms with Gasteiger partial charge >= 0.3 is 0 Å². The van der Waals surface area contributed by atoms with Gasteiger partial charge in [0.15, 0.2) is 0 Å². The maximum atomic E-state index is 13.4. The fourth-order valence-corrected chi connectivity index (χ4v) is 1.93. The first-order valence-corrected chi connectivity index (χ1v) is 6.35. The highest BCUT2D eigenvalue weighted by Crippen LogP contribution is 2.16. The van der Waals surface area contributed by atoms with Gasteiger partial charge in [0.25, 0.3) is 0 Å². The van der Waals surface area contributed by atoms with Gasteiger partial charge < -0.3 is 5.32 Å². The molecule has 0 atom stereocenters. The normalized spacial score (nSPS) is 10.3. The molecule has 0 unspecified atom stereocenters. The average molecular weight is 275 g/mol. The fourth-order valence-electron chi connectivity index (χ4n) is 1.93. The van der Waals surface area contributed by atoms with Crippen LogP contribution in [0.15, 0.2) is 42.5 Å². The summed E-state index contributed by atoms with van der Waals surface area (Å²) in [6.45, 7) is 1.98. The largest absolute Gasteiger partial charge is 0.324 e. The Balaban J connectivity index is 1.94. The summed E-state index contributed by atoms with van der Waals surface area (Å²) in [7, 11) is 0. The molecule has 0 aliphatic heterocycles. The second-order valence-electron chi connectivity index (χ2n) is 4.66. The lowest BCUT2D eigenvalue weighted by Gasteiger charge is -2.07. The Morgan fingerprint density at radius 1 is 1.15 bits per heavy atom. The molecule has 4 heteroatoms. The molecule has 2 nitrogen and oxygen atoms in total. The number of rotatable bonds is 4. The second-order valence-corrected chi connectivity index (χ2v) is 4.66. The molecule has 2 aromatic carbocycles. The molecule has 20 heavy (non-hydrogen) atoms. The molecule has 0 saturated heterocycles.